The van der Waals surface area contributed by atoms with E-state index in [1.54, 1.807) is 25.4 Å². The summed E-state index contributed by atoms with van der Waals surface area (Å²) in [5, 5.41) is 2.21. The molecule has 0 radical (unpaired) electrons. The van der Waals surface area contributed by atoms with Gasteiger partial charge in [0, 0.05) is 133 Å². The van der Waals surface area contributed by atoms with Gasteiger partial charge >= 0.3 is 0 Å². The third kappa shape index (κ3) is 6.06. The molecule has 0 aliphatic carbocycles. The average molecular weight is 703 g/mol. The fourth-order valence-electron chi connectivity index (χ4n) is 7.77. The second-order valence-electron chi connectivity index (χ2n) is 13.9. The Morgan fingerprint density at radius 2 is 1.31 bits per heavy atom. The number of oxazole rings is 1. The first-order valence-corrected chi connectivity index (χ1v) is 17.8. The van der Waals surface area contributed by atoms with Crippen LogP contribution in [-0.4, -0.2) is 78.3 Å². The number of aromatic nitrogens is 4. The quantitative estimate of drug-likeness (QED) is 0.202. The number of hydrogen-bond acceptors (Lipinski definition) is 8. The van der Waals surface area contributed by atoms with Crippen LogP contribution in [0.1, 0.15) is 22.5 Å². The third-order valence-corrected chi connectivity index (χ3v) is 10.7. The van der Waals surface area contributed by atoms with Crippen LogP contribution in [0.2, 0.25) is 0 Å². The van der Waals surface area contributed by atoms with Gasteiger partial charge < -0.3 is 38.7 Å². The van der Waals surface area contributed by atoms with Crippen molar-refractivity contribution < 1.29 is 17.9 Å². The minimum atomic E-state index is -0.207. The van der Waals surface area contributed by atoms with Crippen LogP contribution in [-0.2, 0) is 25.9 Å². The van der Waals surface area contributed by atoms with Gasteiger partial charge in [0.2, 0.25) is 5.88 Å². The van der Waals surface area contributed by atoms with Crippen LogP contribution in [0.3, 0.4) is 0 Å². The van der Waals surface area contributed by atoms with Crippen LogP contribution >= 0.6 is 0 Å². The second-order valence-corrected chi connectivity index (χ2v) is 13.9. The van der Waals surface area contributed by atoms with Crippen molar-refractivity contribution in [2.24, 2.45) is 0 Å². The number of halogens is 2. The van der Waals surface area contributed by atoms with E-state index in [1.165, 1.54) is 34.6 Å². The maximum absolute atomic E-state index is 13.6. The molecule has 3 aliphatic heterocycles. The fraction of sp³-hybridized carbons (Fsp3) is 0.300. The Morgan fingerprint density at radius 3 is 1.92 bits per heavy atom. The molecule has 12 heteroatoms. The number of H-pyrrole nitrogens is 2. The van der Waals surface area contributed by atoms with Crippen molar-refractivity contribution in [3.8, 4) is 5.88 Å². The van der Waals surface area contributed by atoms with Gasteiger partial charge in [-0.2, -0.15) is 4.98 Å². The molecule has 266 valence electrons. The van der Waals surface area contributed by atoms with E-state index in [-0.39, 0.29) is 11.6 Å². The molecular formula is C40H40F2N8O2. The highest BCUT2D eigenvalue weighted by atomic mass is 19.1. The van der Waals surface area contributed by atoms with Crippen molar-refractivity contribution in [1.82, 2.24) is 24.8 Å². The number of pyridine rings is 1. The molecule has 52 heavy (non-hydrogen) atoms. The van der Waals surface area contributed by atoms with Crippen molar-refractivity contribution >= 4 is 50.3 Å². The molecule has 10 rings (SSSR count). The Kier molecular flexibility index (Phi) is 8.18. The van der Waals surface area contributed by atoms with E-state index < -0.39 is 0 Å². The number of anilines is 3. The second kappa shape index (κ2) is 13.2. The van der Waals surface area contributed by atoms with Gasteiger partial charge in [-0.1, -0.05) is 0 Å². The van der Waals surface area contributed by atoms with E-state index in [0.717, 1.165) is 115 Å². The molecule has 0 spiro atoms. The number of fused-ring (bicyclic) bond motifs is 7. The minimum Gasteiger partial charge on any atom is -0.481 e. The largest absolute Gasteiger partial charge is 0.481 e. The van der Waals surface area contributed by atoms with Crippen LogP contribution in [0.5, 0.6) is 5.88 Å². The van der Waals surface area contributed by atoms with E-state index in [1.807, 2.05) is 30.3 Å². The lowest BCUT2D eigenvalue weighted by molar-refractivity contribution is 0.305. The van der Waals surface area contributed by atoms with Gasteiger partial charge in [0.05, 0.1) is 7.11 Å². The van der Waals surface area contributed by atoms with Gasteiger partial charge in [-0.15, -0.1) is 0 Å². The summed E-state index contributed by atoms with van der Waals surface area (Å²) in [6.45, 7) is 7.35. The molecule has 2 N–H and O–H groups in total. The molecule has 1 saturated heterocycles. The molecule has 0 atom stereocenters. The van der Waals surface area contributed by atoms with E-state index in [0.29, 0.717) is 5.88 Å². The fourth-order valence-corrected chi connectivity index (χ4v) is 7.77. The van der Waals surface area contributed by atoms with Crippen LogP contribution in [0.15, 0.2) is 77.3 Å². The van der Waals surface area contributed by atoms with Gasteiger partial charge in [0.1, 0.15) is 17.2 Å². The Hall–Kier alpha value is -5.62. The molecule has 7 aromatic rings. The van der Waals surface area contributed by atoms with Crippen molar-refractivity contribution in [2.45, 2.75) is 25.9 Å². The summed E-state index contributed by atoms with van der Waals surface area (Å²) in [6.07, 6.45) is 3.58. The lowest BCUT2D eigenvalue weighted by Crippen LogP contribution is -2.44. The number of nitrogens with zero attached hydrogens (tertiary/aromatic N) is 6. The first-order valence-electron chi connectivity index (χ1n) is 17.8. The van der Waals surface area contributed by atoms with Crippen molar-refractivity contribution in [3.05, 3.63) is 107 Å². The van der Waals surface area contributed by atoms with E-state index >= 15 is 0 Å². The lowest BCUT2D eigenvalue weighted by atomic mass is 10.0. The molecule has 3 aliphatic rings. The standard InChI is InChI=1S/C23H24FN5O.C17H16FN3O/c1-27-8-10-28(11-9-27)23-26-21-13-16(3-5-22(21)30-23)29-7-6-19-18(14-29)17-4-2-15(24)12-20(17)25-19;1-22-17-9-12(4-6-19-17)21-7-5-15-14(10-21)13-3-2-11(18)8-16(13)20-15/h2-5,12-13,25H,6-11,14H2,1H3;2-4,6,8-9,20H,5,7,10H2,1H3. The molecule has 0 bridgehead atoms. The highest BCUT2D eigenvalue weighted by Gasteiger charge is 2.24. The van der Waals surface area contributed by atoms with Crippen molar-refractivity contribution in [3.63, 3.8) is 0 Å². The Morgan fingerprint density at radius 1 is 0.692 bits per heavy atom. The molecule has 0 amide bonds. The SMILES string of the molecule is CN1CCN(c2nc3cc(N4CCc5[nH]c6cc(F)ccc6c5C4)ccc3o2)CC1.COc1cc(N2CCc3[nH]c4cc(F)ccc4c3C2)ccn1. The summed E-state index contributed by atoms with van der Waals surface area (Å²) < 4.78 is 38.2. The monoisotopic (exact) mass is 702 g/mol. The molecule has 1 fully saturated rings. The van der Waals surface area contributed by atoms with Crippen molar-refractivity contribution in [2.75, 3.05) is 68.1 Å². The van der Waals surface area contributed by atoms with Crippen LogP contribution in [0.4, 0.5) is 26.2 Å². The van der Waals surface area contributed by atoms with Gasteiger partial charge in [0.15, 0.2) is 5.58 Å². The van der Waals surface area contributed by atoms with Gasteiger partial charge in [0.25, 0.3) is 6.01 Å². The molecule has 3 aromatic carbocycles. The molecule has 0 saturated carbocycles. The number of rotatable bonds is 4. The minimum absolute atomic E-state index is 0.203. The van der Waals surface area contributed by atoms with Gasteiger partial charge in [-0.3, -0.25) is 0 Å². The number of methoxy groups -OCH3 is 1. The number of ether oxygens (including phenoxy) is 1. The van der Waals surface area contributed by atoms with E-state index in [4.69, 9.17) is 14.1 Å². The number of aromatic amines is 2. The highest BCUT2D eigenvalue weighted by Crippen LogP contribution is 2.34. The zero-order valence-corrected chi connectivity index (χ0v) is 29.3. The summed E-state index contributed by atoms with van der Waals surface area (Å²) in [6, 6.07) is 20.9. The summed E-state index contributed by atoms with van der Waals surface area (Å²) in [5.74, 6) is 0.205. The summed E-state index contributed by atoms with van der Waals surface area (Å²) in [4.78, 5) is 24.9. The predicted molar refractivity (Wildman–Crippen MR) is 201 cm³/mol. The number of nitrogens with one attached hydrogen (secondary N) is 2. The van der Waals surface area contributed by atoms with Crippen LogP contribution < -0.4 is 19.4 Å². The first-order chi connectivity index (χ1) is 25.4. The molecular weight excluding hydrogens is 662 g/mol. The third-order valence-electron chi connectivity index (χ3n) is 10.7. The zero-order valence-electron chi connectivity index (χ0n) is 29.3. The maximum Gasteiger partial charge on any atom is 0.298 e. The van der Waals surface area contributed by atoms with Gasteiger partial charge in [-0.25, -0.2) is 13.8 Å². The van der Waals surface area contributed by atoms with E-state index in [2.05, 4.69) is 53.7 Å². The number of benzene rings is 3. The maximum atomic E-state index is 13.6. The highest BCUT2D eigenvalue weighted by molar-refractivity contribution is 5.87. The Balaban J connectivity index is 0.000000145. The van der Waals surface area contributed by atoms with Crippen LogP contribution in [0.25, 0.3) is 32.9 Å². The smallest absolute Gasteiger partial charge is 0.298 e. The molecule has 10 nitrogen and oxygen atoms in total. The lowest BCUT2D eigenvalue weighted by Gasteiger charge is -2.31. The molecule has 7 heterocycles. The summed E-state index contributed by atoms with van der Waals surface area (Å²) in [7, 11) is 3.76. The van der Waals surface area contributed by atoms with Gasteiger partial charge in [-0.05, 0) is 67.7 Å². The number of likely N-dealkylation sites (N-methyl/N-ethyl adjacent to an activating group) is 1. The van der Waals surface area contributed by atoms with Crippen molar-refractivity contribution in [1.29, 1.82) is 0 Å². The molecule has 0 unspecified atom stereocenters. The number of piperazine rings is 1. The Bertz CT molecular complexity index is 2410. The zero-order chi connectivity index (χ0) is 35.3. The predicted octanol–water partition coefficient (Wildman–Crippen LogP) is 7.04. The molecule has 4 aromatic heterocycles. The topological polar surface area (TPSA) is 92.7 Å². The number of hydrogen-bond donors (Lipinski definition) is 2. The normalized spacial score (nSPS) is 16.3. The summed E-state index contributed by atoms with van der Waals surface area (Å²) in [5.41, 5.74) is 10.6. The van der Waals surface area contributed by atoms with E-state index in [9.17, 15) is 8.78 Å². The first kappa shape index (κ1) is 32.3. The average Bonchev–Trinajstić information content (AvgIpc) is 3.87. The Labute approximate surface area is 299 Å². The van der Waals surface area contributed by atoms with Crippen LogP contribution in [0, 0.1) is 11.6 Å². The summed E-state index contributed by atoms with van der Waals surface area (Å²) >= 11 is 0.